The molecule has 2 amide bonds. The minimum absolute atomic E-state index is 0.00554. The molecule has 48 heavy (non-hydrogen) atoms. The molecule has 0 spiro atoms. The normalized spacial score (nSPS) is 20.9. The molecular weight excluding hydrogens is 632 g/mol. The van der Waals surface area contributed by atoms with Gasteiger partial charge in [0, 0.05) is 50.0 Å². The number of anilines is 1. The molecule has 2 aromatic carbocycles. The van der Waals surface area contributed by atoms with E-state index >= 15 is 0 Å². The second-order valence-electron chi connectivity index (χ2n) is 12.5. The Bertz CT molecular complexity index is 1810. The molecule has 13 heteroatoms. The predicted molar refractivity (Wildman–Crippen MR) is 178 cm³/mol. The highest BCUT2D eigenvalue weighted by molar-refractivity contribution is 7.93. The Hall–Kier alpha value is -4.51. The van der Waals surface area contributed by atoms with Crippen LogP contribution in [0.2, 0.25) is 0 Å². The quantitative estimate of drug-likeness (QED) is 0.346. The van der Waals surface area contributed by atoms with E-state index in [1.165, 1.54) is 42.6 Å². The van der Waals surface area contributed by atoms with Crippen molar-refractivity contribution in [2.24, 2.45) is 0 Å². The first-order chi connectivity index (χ1) is 23.1. The van der Waals surface area contributed by atoms with Crippen LogP contribution in [0, 0.1) is 11.3 Å². The van der Waals surface area contributed by atoms with E-state index < -0.39 is 27.6 Å². The maximum atomic E-state index is 14.9. The number of aromatic nitrogens is 1. The van der Waals surface area contributed by atoms with Gasteiger partial charge in [0.05, 0.1) is 34.4 Å². The Morgan fingerprint density at radius 2 is 1.71 bits per heavy atom. The lowest BCUT2D eigenvalue weighted by molar-refractivity contribution is -0.132. The number of hydrogen-bond acceptors (Lipinski definition) is 10. The maximum Gasteiger partial charge on any atom is 0.411 e. The van der Waals surface area contributed by atoms with Gasteiger partial charge in [0.1, 0.15) is 0 Å². The van der Waals surface area contributed by atoms with Gasteiger partial charge >= 0.3 is 6.09 Å². The molecule has 252 valence electrons. The van der Waals surface area contributed by atoms with Gasteiger partial charge in [-0.3, -0.25) is 9.69 Å². The highest BCUT2D eigenvalue weighted by Gasteiger charge is 2.61. The molecule has 0 bridgehead atoms. The Morgan fingerprint density at radius 3 is 2.35 bits per heavy atom. The van der Waals surface area contributed by atoms with Crippen molar-refractivity contribution in [1.29, 1.82) is 5.26 Å². The third-order valence-electron chi connectivity index (χ3n) is 9.48. The topological polar surface area (TPSA) is 136 Å². The van der Waals surface area contributed by atoms with E-state index in [1.807, 2.05) is 0 Å². The van der Waals surface area contributed by atoms with Crippen molar-refractivity contribution in [1.82, 2.24) is 19.7 Å². The Morgan fingerprint density at radius 1 is 1.00 bits per heavy atom. The summed E-state index contributed by atoms with van der Waals surface area (Å²) in [6.45, 7) is 10.4. The van der Waals surface area contributed by atoms with Crippen LogP contribution >= 0.6 is 0 Å². The van der Waals surface area contributed by atoms with Crippen LogP contribution < -0.4 is 9.04 Å². The summed E-state index contributed by atoms with van der Waals surface area (Å²) in [6, 6.07) is 17.9. The molecule has 1 unspecified atom stereocenters. The number of benzene rings is 2. The molecule has 6 rings (SSSR count). The van der Waals surface area contributed by atoms with Crippen LogP contribution in [0.15, 0.2) is 71.8 Å². The molecule has 0 radical (unpaired) electrons. The fraction of sp³-hybridized carbons (Fsp3) is 0.429. The zero-order valence-corrected chi connectivity index (χ0v) is 28.2. The lowest BCUT2D eigenvalue weighted by atomic mass is 9.87. The second kappa shape index (κ2) is 13.5. The monoisotopic (exact) mass is 672 g/mol. The summed E-state index contributed by atoms with van der Waals surface area (Å²) in [5.74, 6) is -1.03. The van der Waals surface area contributed by atoms with Crippen molar-refractivity contribution in [3.05, 3.63) is 83.6 Å². The lowest BCUT2D eigenvalue weighted by Gasteiger charge is -2.43. The number of piperazine rings is 1. The van der Waals surface area contributed by atoms with E-state index in [9.17, 15) is 23.3 Å². The highest BCUT2D eigenvalue weighted by Crippen LogP contribution is 2.51. The van der Waals surface area contributed by atoms with Crippen molar-refractivity contribution in [3.8, 4) is 11.9 Å². The zero-order chi connectivity index (χ0) is 34.1. The van der Waals surface area contributed by atoms with Crippen LogP contribution in [0.1, 0.15) is 50.3 Å². The predicted octanol–water partition coefficient (Wildman–Crippen LogP) is 3.96. The molecule has 1 atom stereocenters. The van der Waals surface area contributed by atoms with Crippen LogP contribution in [0.5, 0.6) is 5.88 Å². The number of hydrogen-bond donors (Lipinski definition) is 0. The van der Waals surface area contributed by atoms with Gasteiger partial charge in [-0.25, -0.2) is 18.2 Å². The maximum absolute atomic E-state index is 14.9. The third-order valence-corrected chi connectivity index (χ3v) is 11.2. The number of nitrogens with zero attached hydrogens (tertiary/aromatic N) is 6. The molecule has 0 saturated carbocycles. The minimum Gasteiger partial charge on any atom is -0.478 e. The van der Waals surface area contributed by atoms with Gasteiger partial charge in [0.2, 0.25) is 5.88 Å². The smallest absolute Gasteiger partial charge is 0.411 e. The van der Waals surface area contributed by atoms with Crippen LogP contribution in [-0.2, 0) is 25.2 Å². The Kier molecular flexibility index (Phi) is 9.42. The number of carbonyl (C=O) groups excluding carboxylic acids is 2. The van der Waals surface area contributed by atoms with Gasteiger partial charge in [-0.15, -0.1) is 0 Å². The first kappa shape index (κ1) is 33.4. The fourth-order valence-corrected chi connectivity index (χ4v) is 8.40. The number of sulfonamides is 1. The number of amides is 2. The fourth-order valence-electron chi connectivity index (χ4n) is 6.93. The summed E-state index contributed by atoms with van der Waals surface area (Å²) in [7, 11) is -4.49. The van der Waals surface area contributed by atoms with Crippen LogP contribution in [0.3, 0.4) is 0 Å². The van der Waals surface area contributed by atoms with Crippen molar-refractivity contribution in [2.45, 2.75) is 56.2 Å². The molecule has 12 nitrogen and oxygen atoms in total. The van der Waals surface area contributed by atoms with E-state index in [1.54, 1.807) is 36.1 Å². The first-order valence-corrected chi connectivity index (χ1v) is 17.8. The highest BCUT2D eigenvalue weighted by atomic mass is 32.2. The summed E-state index contributed by atoms with van der Waals surface area (Å²) in [6.07, 6.45) is 2.81. The summed E-state index contributed by atoms with van der Waals surface area (Å²) in [5, 5.41) is 9.85. The molecule has 3 aliphatic heterocycles. The van der Waals surface area contributed by atoms with Gasteiger partial charge in [0.15, 0.2) is 0 Å². The van der Waals surface area contributed by atoms with Gasteiger partial charge in [0.25, 0.3) is 21.5 Å². The summed E-state index contributed by atoms with van der Waals surface area (Å²) < 4.78 is 41.1. The van der Waals surface area contributed by atoms with E-state index in [0.717, 1.165) is 25.9 Å². The van der Waals surface area contributed by atoms with E-state index in [0.29, 0.717) is 42.6 Å². The van der Waals surface area contributed by atoms with Crippen LogP contribution in [0.25, 0.3) is 0 Å². The van der Waals surface area contributed by atoms with Crippen molar-refractivity contribution < 1.29 is 27.5 Å². The van der Waals surface area contributed by atoms with Crippen LogP contribution in [0.4, 0.5) is 10.5 Å². The van der Waals surface area contributed by atoms with Crippen molar-refractivity contribution in [2.75, 3.05) is 50.2 Å². The number of ether oxygens (including phenoxy) is 2. The van der Waals surface area contributed by atoms with Crippen LogP contribution in [-0.4, -0.2) is 98.1 Å². The molecule has 2 saturated heterocycles. The van der Waals surface area contributed by atoms with Gasteiger partial charge in [-0.1, -0.05) is 18.2 Å². The molecule has 0 aliphatic carbocycles. The number of pyridine rings is 1. The van der Waals surface area contributed by atoms with E-state index in [2.05, 4.69) is 34.7 Å². The van der Waals surface area contributed by atoms with Gasteiger partial charge in [-0.05, 0) is 89.2 Å². The average Bonchev–Trinajstić information content (AvgIpc) is 3.36. The van der Waals surface area contributed by atoms with Gasteiger partial charge in [-0.2, -0.15) is 9.57 Å². The summed E-state index contributed by atoms with van der Waals surface area (Å²) >= 11 is 0. The number of fused-ring (bicyclic) bond motifs is 1. The summed E-state index contributed by atoms with van der Waals surface area (Å²) in [4.78, 5) is 39.7. The van der Waals surface area contributed by atoms with Gasteiger partial charge < -0.3 is 19.3 Å². The molecule has 2 fully saturated rings. The third kappa shape index (κ3) is 5.89. The van der Waals surface area contributed by atoms with E-state index in [4.69, 9.17) is 9.47 Å². The van der Waals surface area contributed by atoms with E-state index in [-0.39, 0.29) is 39.8 Å². The Balaban J connectivity index is 1.38. The molecule has 3 aromatic rings. The average molecular weight is 673 g/mol. The lowest BCUT2D eigenvalue weighted by Crippen LogP contribution is -2.56. The number of piperidine rings is 1. The SMILES string of the molecule is CCOc1ncccc1C1(OC(=O)N2CCN(C3CCN(C(C)C)CC3)CC2)C(=O)N(S(=O)(=O)c2ccccc2)c2ccc(C#N)cc21. The molecule has 0 N–H and O–H groups in total. The second-order valence-corrected chi connectivity index (χ2v) is 14.2. The standard InChI is InChI=1S/C35H40N6O6S/c1-4-46-32-29(11-8-16-37-32)35(47-34(43)40-21-19-39(20-22-40)27-14-17-38(18-15-27)25(2)3)30-23-26(24-36)12-13-31(30)41(33(35)42)48(44,45)28-9-6-5-7-10-28/h5-13,16,23,25,27H,4,14-15,17-22H2,1-3H3. The molecule has 1 aromatic heterocycles. The van der Waals surface area contributed by atoms with Crippen molar-refractivity contribution >= 4 is 27.7 Å². The number of rotatable bonds is 8. The number of carbonyl (C=O) groups is 2. The molecular formula is C35H40N6O6S. The first-order valence-electron chi connectivity index (χ1n) is 16.4. The minimum atomic E-state index is -4.49. The molecule has 4 heterocycles. The number of nitriles is 1. The molecule has 3 aliphatic rings. The summed E-state index contributed by atoms with van der Waals surface area (Å²) in [5.41, 5.74) is -2.10. The Labute approximate surface area is 281 Å². The van der Waals surface area contributed by atoms with Crippen molar-refractivity contribution in [3.63, 3.8) is 0 Å². The zero-order valence-electron chi connectivity index (χ0n) is 27.4. The largest absolute Gasteiger partial charge is 0.478 e. The number of likely N-dealkylation sites (tertiary alicyclic amines) is 1.